The minimum absolute atomic E-state index is 0.0834. The number of rotatable bonds is 6. The predicted molar refractivity (Wildman–Crippen MR) is 142 cm³/mol. The van der Waals surface area contributed by atoms with Crippen molar-refractivity contribution in [3.8, 4) is 0 Å². The van der Waals surface area contributed by atoms with E-state index in [1.54, 1.807) is 17.2 Å². The first-order valence-electron chi connectivity index (χ1n) is 12.3. The van der Waals surface area contributed by atoms with Crippen LogP contribution in [0.25, 0.3) is 11.0 Å². The van der Waals surface area contributed by atoms with Crippen molar-refractivity contribution in [1.82, 2.24) is 19.4 Å². The largest absolute Gasteiger partial charge is 0.444 e. The van der Waals surface area contributed by atoms with Crippen LogP contribution in [0.15, 0.2) is 60.8 Å². The minimum Gasteiger partial charge on any atom is -0.444 e. The molecule has 2 heterocycles. The Morgan fingerprint density at radius 1 is 1.00 bits per heavy atom. The molecule has 1 aliphatic heterocycles. The lowest BCUT2D eigenvalue weighted by atomic mass is 10.1. The second-order valence-electron chi connectivity index (χ2n) is 10.3. The van der Waals surface area contributed by atoms with Gasteiger partial charge in [0.25, 0.3) is 0 Å². The molecular weight excluding hydrogens is 454 g/mol. The van der Waals surface area contributed by atoms with Crippen molar-refractivity contribution in [2.75, 3.05) is 45.2 Å². The number of para-hydroxylation sites is 1. The van der Waals surface area contributed by atoms with Crippen LogP contribution in [0.3, 0.4) is 0 Å². The molecule has 0 spiro atoms. The molecule has 0 bridgehead atoms. The lowest BCUT2D eigenvalue weighted by Gasteiger charge is -2.36. The van der Waals surface area contributed by atoms with Crippen LogP contribution in [0, 0.1) is 0 Å². The van der Waals surface area contributed by atoms with Crippen molar-refractivity contribution >= 4 is 28.9 Å². The fourth-order valence-corrected chi connectivity index (χ4v) is 4.22. The monoisotopic (exact) mass is 489 g/mol. The SMILES string of the molecule is CN(C)/C=C/C(=O)c1cccc2c1nc(N1CCN(C(=O)OC(C)(C)C)CC1)n2Cc1ccccc1. The number of hydrogen-bond donors (Lipinski definition) is 0. The molecule has 1 amide bonds. The van der Waals surface area contributed by atoms with Gasteiger partial charge in [0.15, 0.2) is 5.78 Å². The molecule has 1 aromatic heterocycles. The number of aromatic nitrogens is 2. The number of ether oxygens (including phenoxy) is 1. The second kappa shape index (κ2) is 10.4. The van der Waals surface area contributed by atoms with Gasteiger partial charge in [-0.15, -0.1) is 0 Å². The van der Waals surface area contributed by atoms with E-state index in [1.807, 2.05) is 76.2 Å². The lowest BCUT2D eigenvalue weighted by molar-refractivity contribution is 0.0240. The number of carbonyl (C=O) groups excluding carboxylic acids is 2. The number of anilines is 1. The second-order valence-corrected chi connectivity index (χ2v) is 10.3. The summed E-state index contributed by atoms with van der Waals surface area (Å²) in [4.78, 5) is 36.3. The molecule has 1 fully saturated rings. The Morgan fingerprint density at radius 3 is 2.33 bits per heavy atom. The van der Waals surface area contributed by atoms with Crippen LogP contribution in [0.4, 0.5) is 10.7 Å². The van der Waals surface area contributed by atoms with E-state index in [-0.39, 0.29) is 11.9 Å². The topological polar surface area (TPSA) is 70.9 Å². The summed E-state index contributed by atoms with van der Waals surface area (Å²) in [7, 11) is 3.77. The van der Waals surface area contributed by atoms with Crippen LogP contribution < -0.4 is 4.90 Å². The molecule has 4 rings (SSSR count). The van der Waals surface area contributed by atoms with E-state index in [1.165, 1.54) is 0 Å². The van der Waals surface area contributed by atoms with E-state index in [9.17, 15) is 9.59 Å². The van der Waals surface area contributed by atoms with E-state index in [0.29, 0.717) is 43.8 Å². The van der Waals surface area contributed by atoms with Gasteiger partial charge in [0, 0.05) is 58.1 Å². The van der Waals surface area contributed by atoms with Gasteiger partial charge in [-0.25, -0.2) is 9.78 Å². The lowest BCUT2D eigenvalue weighted by Crippen LogP contribution is -2.50. The highest BCUT2D eigenvalue weighted by molar-refractivity contribution is 6.12. The molecule has 1 saturated heterocycles. The number of hydrogen-bond acceptors (Lipinski definition) is 6. The third-order valence-corrected chi connectivity index (χ3v) is 5.95. The maximum absolute atomic E-state index is 13.0. The first-order valence-corrected chi connectivity index (χ1v) is 12.3. The van der Waals surface area contributed by atoms with Crippen LogP contribution >= 0.6 is 0 Å². The summed E-state index contributed by atoms with van der Waals surface area (Å²) in [5, 5.41) is 0. The predicted octanol–water partition coefficient (Wildman–Crippen LogP) is 4.40. The third-order valence-electron chi connectivity index (χ3n) is 5.95. The van der Waals surface area contributed by atoms with E-state index in [4.69, 9.17) is 9.72 Å². The van der Waals surface area contributed by atoms with Crippen molar-refractivity contribution in [3.63, 3.8) is 0 Å². The van der Waals surface area contributed by atoms with Gasteiger partial charge < -0.3 is 24.0 Å². The standard InChI is InChI=1S/C28H35N5O3/c1-28(2,3)36-27(35)32-18-16-31(17-19-32)26-29-25-22(24(34)14-15-30(4)5)12-9-13-23(25)33(26)20-21-10-7-6-8-11-21/h6-15H,16-20H2,1-5H3/b15-14+. The highest BCUT2D eigenvalue weighted by atomic mass is 16.6. The molecule has 1 aliphatic rings. The van der Waals surface area contributed by atoms with Gasteiger partial charge in [-0.05, 0) is 38.5 Å². The minimum atomic E-state index is -0.526. The number of nitrogens with zero attached hydrogens (tertiary/aromatic N) is 5. The maximum atomic E-state index is 13.0. The maximum Gasteiger partial charge on any atom is 0.410 e. The zero-order valence-corrected chi connectivity index (χ0v) is 21.8. The van der Waals surface area contributed by atoms with Gasteiger partial charge in [0.05, 0.1) is 12.1 Å². The van der Waals surface area contributed by atoms with E-state index >= 15 is 0 Å². The van der Waals surface area contributed by atoms with Gasteiger partial charge in [-0.3, -0.25) is 4.79 Å². The Balaban J connectivity index is 1.67. The summed E-state index contributed by atoms with van der Waals surface area (Å²) in [6.45, 7) is 8.59. The molecule has 3 aromatic rings. The fraction of sp³-hybridized carbons (Fsp3) is 0.393. The van der Waals surface area contributed by atoms with Gasteiger partial charge in [-0.1, -0.05) is 36.4 Å². The van der Waals surface area contributed by atoms with Crippen molar-refractivity contribution in [2.24, 2.45) is 0 Å². The van der Waals surface area contributed by atoms with Gasteiger partial charge in [0.2, 0.25) is 5.95 Å². The number of piperazine rings is 1. The molecule has 190 valence electrons. The average molecular weight is 490 g/mol. The molecule has 8 nitrogen and oxygen atoms in total. The molecule has 2 aromatic carbocycles. The number of amides is 1. The van der Waals surface area contributed by atoms with E-state index in [2.05, 4.69) is 21.6 Å². The quantitative estimate of drug-likeness (QED) is 0.378. The zero-order chi connectivity index (χ0) is 25.9. The number of imidazole rings is 1. The van der Waals surface area contributed by atoms with E-state index < -0.39 is 5.60 Å². The Kier molecular flexibility index (Phi) is 7.33. The average Bonchev–Trinajstić information content (AvgIpc) is 3.20. The molecule has 0 atom stereocenters. The number of fused-ring (bicyclic) bond motifs is 1. The van der Waals surface area contributed by atoms with Crippen molar-refractivity contribution in [2.45, 2.75) is 32.9 Å². The highest BCUT2D eigenvalue weighted by Crippen LogP contribution is 2.28. The first-order chi connectivity index (χ1) is 17.1. The summed E-state index contributed by atoms with van der Waals surface area (Å²) in [6.07, 6.45) is 3.03. The summed E-state index contributed by atoms with van der Waals surface area (Å²) >= 11 is 0. The number of carbonyl (C=O) groups is 2. The molecule has 0 unspecified atom stereocenters. The highest BCUT2D eigenvalue weighted by Gasteiger charge is 2.28. The van der Waals surface area contributed by atoms with Crippen LogP contribution in [-0.4, -0.2) is 77.1 Å². The smallest absolute Gasteiger partial charge is 0.410 e. The number of ketones is 1. The molecular formula is C28H35N5O3. The first kappa shape index (κ1) is 25.3. The van der Waals surface area contributed by atoms with E-state index in [0.717, 1.165) is 17.0 Å². The van der Waals surface area contributed by atoms with Crippen molar-refractivity contribution < 1.29 is 14.3 Å². The Morgan fingerprint density at radius 2 is 1.69 bits per heavy atom. The Labute approximate surface area is 212 Å². The van der Waals surface area contributed by atoms with Crippen LogP contribution in [0.5, 0.6) is 0 Å². The molecule has 0 N–H and O–H groups in total. The number of allylic oxidation sites excluding steroid dienone is 1. The van der Waals surface area contributed by atoms with Gasteiger partial charge >= 0.3 is 6.09 Å². The van der Waals surface area contributed by atoms with Crippen molar-refractivity contribution in [3.05, 3.63) is 71.9 Å². The summed E-state index contributed by atoms with van der Waals surface area (Å²) in [6, 6.07) is 16.0. The fourth-order valence-electron chi connectivity index (χ4n) is 4.22. The van der Waals surface area contributed by atoms with Crippen molar-refractivity contribution in [1.29, 1.82) is 0 Å². The summed E-state index contributed by atoms with van der Waals surface area (Å²) < 4.78 is 7.72. The Bertz CT molecular complexity index is 1250. The summed E-state index contributed by atoms with van der Waals surface area (Å²) in [5.74, 6) is 0.717. The molecule has 0 radical (unpaired) electrons. The molecule has 0 saturated carbocycles. The van der Waals surface area contributed by atoms with Crippen LogP contribution in [0.2, 0.25) is 0 Å². The zero-order valence-electron chi connectivity index (χ0n) is 21.8. The molecule has 0 aliphatic carbocycles. The van der Waals surface area contributed by atoms with Crippen LogP contribution in [-0.2, 0) is 11.3 Å². The van der Waals surface area contributed by atoms with Gasteiger partial charge in [0.1, 0.15) is 11.1 Å². The van der Waals surface area contributed by atoms with Crippen LogP contribution in [0.1, 0.15) is 36.7 Å². The number of benzene rings is 2. The molecule has 36 heavy (non-hydrogen) atoms. The summed E-state index contributed by atoms with van der Waals surface area (Å²) in [5.41, 5.74) is 2.79. The van der Waals surface area contributed by atoms with Gasteiger partial charge in [-0.2, -0.15) is 0 Å². The normalized spacial score (nSPS) is 14.5. The molecule has 8 heteroatoms. The third kappa shape index (κ3) is 5.87. The Hall–Kier alpha value is -3.81.